The summed E-state index contributed by atoms with van der Waals surface area (Å²) >= 11 is 3.43. The predicted molar refractivity (Wildman–Crippen MR) is 105 cm³/mol. The number of sulfonamides is 1. The summed E-state index contributed by atoms with van der Waals surface area (Å²) in [5, 5.41) is 0. The number of hydrogen-bond donors (Lipinski definition) is 0. The Morgan fingerprint density at radius 2 is 1.89 bits per heavy atom. The van der Waals surface area contributed by atoms with E-state index in [0.717, 1.165) is 15.6 Å². The van der Waals surface area contributed by atoms with Gasteiger partial charge in [-0.15, -0.1) is 0 Å². The fraction of sp³-hybridized carbons (Fsp3) is 0.250. The number of ether oxygens (including phenoxy) is 1. The summed E-state index contributed by atoms with van der Waals surface area (Å²) in [6.07, 6.45) is 2.19. The van der Waals surface area contributed by atoms with Crippen molar-refractivity contribution in [2.24, 2.45) is 0 Å². The molecule has 0 spiro atoms. The molecule has 0 saturated carbocycles. The molecule has 2 heterocycles. The van der Waals surface area contributed by atoms with Crippen molar-refractivity contribution in [1.29, 1.82) is 0 Å². The Morgan fingerprint density at radius 3 is 2.59 bits per heavy atom. The fourth-order valence-corrected chi connectivity index (χ4v) is 6.19. The smallest absolute Gasteiger partial charge is 0.335 e. The van der Waals surface area contributed by atoms with Crippen molar-refractivity contribution >= 4 is 31.9 Å². The van der Waals surface area contributed by atoms with Crippen molar-refractivity contribution in [3.8, 4) is 0 Å². The van der Waals surface area contributed by atoms with E-state index in [-0.39, 0.29) is 13.2 Å². The van der Waals surface area contributed by atoms with Crippen LogP contribution in [-0.2, 0) is 25.1 Å². The number of benzene rings is 2. The number of carbonyl (C=O) groups is 1. The van der Waals surface area contributed by atoms with Crippen molar-refractivity contribution in [2.45, 2.75) is 23.8 Å². The summed E-state index contributed by atoms with van der Waals surface area (Å²) in [7, 11) is -3.73. The van der Waals surface area contributed by atoms with Gasteiger partial charge in [-0.05, 0) is 42.7 Å². The first-order valence-corrected chi connectivity index (χ1v) is 10.9. The highest BCUT2D eigenvalue weighted by molar-refractivity contribution is 9.10. The molecule has 7 heteroatoms. The van der Waals surface area contributed by atoms with Crippen LogP contribution in [0.1, 0.15) is 24.5 Å². The Hall–Kier alpha value is -1.96. The third kappa shape index (κ3) is 2.68. The number of esters is 1. The van der Waals surface area contributed by atoms with Crippen LogP contribution in [0.3, 0.4) is 0 Å². The quantitative estimate of drug-likeness (QED) is 0.674. The molecule has 0 N–H and O–H groups in total. The Balaban J connectivity index is 1.94. The maximum absolute atomic E-state index is 13.3. The van der Waals surface area contributed by atoms with E-state index >= 15 is 0 Å². The van der Waals surface area contributed by atoms with Crippen LogP contribution in [-0.4, -0.2) is 31.8 Å². The van der Waals surface area contributed by atoms with Gasteiger partial charge >= 0.3 is 5.97 Å². The number of hydrogen-bond acceptors (Lipinski definition) is 4. The summed E-state index contributed by atoms with van der Waals surface area (Å²) in [4.78, 5) is 12.5. The van der Waals surface area contributed by atoms with Gasteiger partial charge < -0.3 is 4.74 Å². The van der Waals surface area contributed by atoms with Crippen molar-refractivity contribution in [2.75, 3.05) is 13.2 Å². The SMILES string of the molecule is CCOC(=O)C1=CCC2(c3ccc(Br)cc3)c3ccccc3S(=O)(=O)N2C1. The van der Waals surface area contributed by atoms with E-state index in [1.54, 1.807) is 19.1 Å². The zero-order valence-corrected chi connectivity index (χ0v) is 17.1. The van der Waals surface area contributed by atoms with Gasteiger partial charge in [-0.25, -0.2) is 13.2 Å². The first-order valence-electron chi connectivity index (χ1n) is 8.66. The molecule has 2 aromatic rings. The van der Waals surface area contributed by atoms with Crippen molar-refractivity contribution in [3.63, 3.8) is 0 Å². The minimum absolute atomic E-state index is 0.00803. The molecule has 0 bridgehead atoms. The minimum Gasteiger partial charge on any atom is -0.463 e. The van der Waals surface area contributed by atoms with Crippen LogP contribution in [0, 0.1) is 0 Å². The maximum atomic E-state index is 13.3. The molecule has 0 radical (unpaired) electrons. The molecule has 0 aromatic heterocycles. The van der Waals surface area contributed by atoms with E-state index in [9.17, 15) is 13.2 Å². The summed E-state index contributed by atoms with van der Waals surface area (Å²) in [5.74, 6) is -0.465. The lowest BCUT2D eigenvalue weighted by atomic mass is 9.77. The Morgan fingerprint density at radius 1 is 1.19 bits per heavy atom. The highest BCUT2D eigenvalue weighted by Gasteiger charge is 2.56. The lowest BCUT2D eigenvalue weighted by Gasteiger charge is -2.40. The van der Waals surface area contributed by atoms with E-state index in [2.05, 4.69) is 15.9 Å². The van der Waals surface area contributed by atoms with Crippen molar-refractivity contribution in [3.05, 3.63) is 75.8 Å². The van der Waals surface area contributed by atoms with E-state index in [0.29, 0.717) is 16.9 Å². The van der Waals surface area contributed by atoms with E-state index in [1.807, 2.05) is 42.5 Å². The first-order chi connectivity index (χ1) is 12.9. The second-order valence-corrected chi connectivity index (χ2v) is 9.28. The van der Waals surface area contributed by atoms with Crippen molar-refractivity contribution in [1.82, 2.24) is 4.31 Å². The van der Waals surface area contributed by atoms with E-state index < -0.39 is 21.5 Å². The van der Waals surface area contributed by atoms with Gasteiger partial charge in [0.25, 0.3) is 0 Å². The largest absolute Gasteiger partial charge is 0.463 e. The van der Waals surface area contributed by atoms with Crippen molar-refractivity contribution < 1.29 is 17.9 Å². The van der Waals surface area contributed by atoms with Gasteiger partial charge in [0.1, 0.15) is 0 Å². The van der Waals surface area contributed by atoms with Crippen LogP contribution in [0.15, 0.2) is 69.5 Å². The fourth-order valence-electron chi connectivity index (χ4n) is 3.93. The van der Waals surface area contributed by atoms with Gasteiger partial charge in [0.2, 0.25) is 10.0 Å². The predicted octanol–water partition coefficient (Wildman–Crippen LogP) is 3.59. The van der Waals surface area contributed by atoms with Gasteiger partial charge in [-0.1, -0.05) is 52.3 Å². The number of nitrogens with zero attached hydrogens (tertiary/aromatic N) is 1. The van der Waals surface area contributed by atoms with Gasteiger partial charge in [0.05, 0.1) is 17.0 Å². The maximum Gasteiger partial charge on any atom is 0.335 e. The monoisotopic (exact) mass is 447 g/mol. The molecule has 0 aliphatic carbocycles. The standard InChI is InChI=1S/C20H18BrNO4S/c1-2-26-19(23)14-11-12-20(15-7-9-16(21)10-8-15)17-5-3-4-6-18(17)27(24,25)22(20)13-14/h3-11H,2,12-13H2,1H3. The second kappa shape index (κ2) is 6.58. The van der Waals surface area contributed by atoms with Crippen LogP contribution in [0.25, 0.3) is 0 Å². The molecule has 1 atom stereocenters. The van der Waals surface area contributed by atoms with Crippen LogP contribution in [0.5, 0.6) is 0 Å². The Bertz CT molecular complexity index is 1050. The molecular formula is C20H18BrNO4S. The van der Waals surface area contributed by atoms with Crippen LogP contribution in [0.4, 0.5) is 0 Å². The summed E-state index contributed by atoms with van der Waals surface area (Å²) in [5.41, 5.74) is 1.14. The number of fused-ring (bicyclic) bond motifs is 3. The molecule has 2 aromatic carbocycles. The number of rotatable bonds is 3. The number of halogens is 1. The summed E-state index contributed by atoms with van der Waals surface area (Å²) in [6.45, 7) is 1.97. The third-order valence-corrected chi connectivity index (χ3v) is 7.61. The second-order valence-electron chi connectivity index (χ2n) is 6.53. The van der Waals surface area contributed by atoms with Gasteiger partial charge in [-0.3, -0.25) is 0 Å². The van der Waals surface area contributed by atoms with Crippen LogP contribution >= 0.6 is 15.9 Å². The van der Waals surface area contributed by atoms with Gasteiger partial charge in [0.15, 0.2) is 0 Å². The Kier molecular flexibility index (Phi) is 4.49. The lowest BCUT2D eigenvalue weighted by molar-refractivity contribution is -0.138. The molecule has 0 fully saturated rings. The molecule has 1 unspecified atom stereocenters. The highest BCUT2D eigenvalue weighted by Crippen LogP contribution is 2.52. The molecular weight excluding hydrogens is 430 g/mol. The molecule has 140 valence electrons. The normalized spacial score (nSPS) is 23.3. The summed E-state index contributed by atoms with van der Waals surface area (Å²) < 4.78 is 34.1. The van der Waals surface area contributed by atoms with Gasteiger partial charge in [0, 0.05) is 16.6 Å². The molecule has 0 saturated heterocycles. The number of carbonyl (C=O) groups excluding carboxylic acids is 1. The lowest BCUT2D eigenvalue weighted by Crippen LogP contribution is -2.48. The minimum atomic E-state index is -3.73. The highest BCUT2D eigenvalue weighted by atomic mass is 79.9. The molecule has 5 nitrogen and oxygen atoms in total. The zero-order chi connectivity index (χ0) is 19.2. The molecule has 0 amide bonds. The average Bonchev–Trinajstić information content (AvgIpc) is 2.88. The molecule has 27 heavy (non-hydrogen) atoms. The third-order valence-electron chi connectivity index (χ3n) is 5.14. The average molecular weight is 448 g/mol. The topological polar surface area (TPSA) is 63.7 Å². The molecule has 4 rings (SSSR count). The first kappa shape index (κ1) is 18.4. The van der Waals surface area contributed by atoms with Crippen LogP contribution in [0.2, 0.25) is 0 Å². The molecule has 2 aliphatic heterocycles. The zero-order valence-electron chi connectivity index (χ0n) is 14.7. The van der Waals surface area contributed by atoms with Crippen LogP contribution < -0.4 is 0 Å². The molecule has 2 aliphatic rings. The Labute approximate surface area is 166 Å². The van der Waals surface area contributed by atoms with E-state index in [1.165, 1.54) is 4.31 Å². The van der Waals surface area contributed by atoms with E-state index in [4.69, 9.17) is 4.74 Å². The van der Waals surface area contributed by atoms with Gasteiger partial charge in [-0.2, -0.15) is 4.31 Å². The summed E-state index contributed by atoms with van der Waals surface area (Å²) in [6, 6.07) is 14.7.